The van der Waals surface area contributed by atoms with Gasteiger partial charge in [0.15, 0.2) is 0 Å². The molecule has 3 N–H and O–H groups in total. The summed E-state index contributed by atoms with van der Waals surface area (Å²) in [5, 5.41) is 18.0. The summed E-state index contributed by atoms with van der Waals surface area (Å²) in [6.07, 6.45) is 1.21. The summed E-state index contributed by atoms with van der Waals surface area (Å²) in [4.78, 5) is 22.1. The summed E-state index contributed by atoms with van der Waals surface area (Å²) >= 11 is 0. The van der Waals surface area contributed by atoms with Crippen molar-refractivity contribution < 1.29 is 32.8 Å². The molecule has 0 saturated heterocycles. The first-order valence-electron chi connectivity index (χ1n) is 6.53. The van der Waals surface area contributed by atoms with Crippen LogP contribution in [0, 0.1) is 5.92 Å². The third kappa shape index (κ3) is 7.06. The van der Waals surface area contributed by atoms with Gasteiger partial charge in [-0.25, -0.2) is 0 Å². The fraction of sp³-hybridized carbons (Fsp3) is 0.833. The number of carboxylic acid groups (broad SMARTS) is 2. The van der Waals surface area contributed by atoms with E-state index in [1.807, 2.05) is 6.92 Å². The van der Waals surface area contributed by atoms with Gasteiger partial charge in [0, 0.05) is 0 Å². The molecule has 0 heterocycles. The molecular formula is C12H23KO7S. The Morgan fingerprint density at radius 3 is 2.00 bits per heavy atom. The van der Waals surface area contributed by atoms with E-state index in [1.54, 1.807) is 6.92 Å². The van der Waals surface area contributed by atoms with Crippen molar-refractivity contribution in [1.82, 2.24) is 0 Å². The molecule has 9 heteroatoms. The number of hydrogen-bond donors (Lipinski definition) is 3. The minimum absolute atomic E-state index is 0. The topological polar surface area (TPSA) is 129 Å². The summed E-state index contributed by atoms with van der Waals surface area (Å²) in [6, 6.07) is 0. The van der Waals surface area contributed by atoms with E-state index in [2.05, 4.69) is 0 Å². The quantitative estimate of drug-likeness (QED) is 0.398. The van der Waals surface area contributed by atoms with Gasteiger partial charge in [-0.2, -0.15) is 8.42 Å². The number of hydrogen-bond acceptors (Lipinski definition) is 4. The summed E-state index contributed by atoms with van der Waals surface area (Å²) in [6.45, 7) is 3.72. The van der Waals surface area contributed by atoms with Crippen LogP contribution < -0.4 is 0 Å². The fourth-order valence-electron chi connectivity index (χ4n) is 2.20. The van der Waals surface area contributed by atoms with Gasteiger partial charge in [-0.3, -0.25) is 14.1 Å². The van der Waals surface area contributed by atoms with Gasteiger partial charge in [-0.15, -0.1) is 0 Å². The Kier molecular flexibility index (Phi) is 11.6. The summed E-state index contributed by atoms with van der Waals surface area (Å²) in [7, 11) is -5.03. The van der Waals surface area contributed by atoms with Gasteiger partial charge in [0.05, 0.1) is 6.42 Å². The molecule has 0 fully saturated rings. The van der Waals surface area contributed by atoms with Crippen LogP contribution in [0.1, 0.15) is 52.4 Å². The Bertz CT molecular complexity index is 449. The first kappa shape index (κ1) is 23.7. The molecule has 7 nitrogen and oxygen atoms in total. The van der Waals surface area contributed by atoms with Gasteiger partial charge in [0.2, 0.25) is 4.75 Å². The van der Waals surface area contributed by atoms with E-state index < -0.39 is 39.6 Å². The van der Waals surface area contributed by atoms with E-state index >= 15 is 0 Å². The van der Waals surface area contributed by atoms with E-state index in [-0.39, 0.29) is 57.3 Å². The molecule has 0 aromatic carbocycles. The Morgan fingerprint density at radius 1 is 1.19 bits per heavy atom. The van der Waals surface area contributed by atoms with Crippen molar-refractivity contribution in [2.75, 3.05) is 0 Å². The standard InChI is InChI=1S/C12H22O7S.K.H/c1-3-5-6-9(4-2)7-12(11(15)16,8-10(13)14)20(17,18)19;;/h9H,3-8H2,1-2H3,(H,13,14)(H,15,16)(H,17,18,19);;. The molecule has 0 aliphatic carbocycles. The van der Waals surface area contributed by atoms with Crippen LogP contribution in [-0.2, 0) is 19.7 Å². The van der Waals surface area contributed by atoms with Crippen LogP contribution >= 0.6 is 0 Å². The van der Waals surface area contributed by atoms with Gasteiger partial charge in [-0.05, 0) is 12.3 Å². The molecule has 0 aliphatic rings. The molecule has 0 saturated carbocycles. The normalized spacial score (nSPS) is 15.6. The zero-order valence-corrected chi connectivity index (χ0v) is 12.5. The van der Waals surface area contributed by atoms with Crippen molar-refractivity contribution in [1.29, 1.82) is 0 Å². The van der Waals surface area contributed by atoms with Crippen LogP contribution in [0.2, 0.25) is 0 Å². The van der Waals surface area contributed by atoms with Crippen LogP contribution in [0.25, 0.3) is 0 Å². The number of unbranched alkanes of at least 4 members (excludes halogenated alkanes) is 1. The molecule has 0 radical (unpaired) electrons. The zero-order valence-electron chi connectivity index (χ0n) is 11.7. The average molecular weight is 350 g/mol. The number of carboxylic acids is 2. The van der Waals surface area contributed by atoms with Crippen molar-refractivity contribution in [2.24, 2.45) is 5.92 Å². The number of rotatable bonds is 10. The van der Waals surface area contributed by atoms with Crippen LogP contribution in [0.3, 0.4) is 0 Å². The Balaban J connectivity index is 0. The van der Waals surface area contributed by atoms with Crippen molar-refractivity contribution in [2.45, 2.75) is 57.1 Å². The predicted octanol–water partition coefficient (Wildman–Crippen LogP) is 1.13. The van der Waals surface area contributed by atoms with E-state index in [0.29, 0.717) is 12.8 Å². The SMILES string of the molecule is CCCCC(CC)CC(CC(=O)O)(C(=O)O)S(=O)(=O)O.[KH]. The van der Waals surface area contributed by atoms with Gasteiger partial charge in [0.1, 0.15) is 0 Å². The number of aliphatic carboxylic acids is 2. The molecule has 0 bridgehead atoms. The van der Waals surface area contributed by atoms with Gasteiger partial charge >= 0.3 is 63.3 Å². The molecule has 0 aromatic rings. The predicted molar refractivity (Wildman–Crippen MR) is 79.2 cm³/mol. The van der Waals surface area contributed by atoms with E-state index in [0.717, 1.165) is 12.8 Å². The Hall–Kier alpha value is 0.486. The van der Waals surface area contributed by atoms with Gasteiger partial charge in [0.25, 0.3) is 10.1 Å². The Labute approximate surface area is 167 Å². The van der Waals surface area contributed by atoms with Crippen molar-refractivity contribution in [3.05, 3.63) is 0 Å². The third-order valence-corrected chi connectivity index (χ3v) is 4.96. The van der Waals surface area contributed by atoms with Crippen LogP contribution in [0.4, 0.5) is 0 Å². The van der Waals surface area contributed by atoms with Crippen LogP contribution in [0.5, 0.6) is 0 Å². The van der Waals surface area contributed by atoms with Crippen LogP contribution in [-0.4, -0.2) is 91.3 Å². The number of carbonyl (C=O) groups is 2. The third-order valence-electron chi connectivity index (χ3n) is 3.48. The summed E-state index contributed by atoms with van der Waals surface area (Å²) in [5.74, 6) is -3.67. The fourth-order valence-corrected chi connectivity index (χ4v) is 3.17. The molecule has 0 amide bonds. The van der Waals surface area contributed by atoms with E-state index in [1.165, 1.54) is 0 Å². The van der Waals surface area contributed by atoms with Crippen molar-refractivity contribution in [3.8, 4) is 0 Å². The van der Waals surface area contributed by atoms with Gasteiger partial charge in [-0.1, -0.05) is 39.5 Å². The molecule has 2 atom stereocenters. The Morgan fingerprint density at radius 2 is 1.71 bits per heavy atom. The molecular weight excluding hydrogens is 327 g/mol. The second kappa shape index (κ2) is 10.3. The monoisotopic (exact) mass is 350 g/mol. The maximum atomic E-state index is 11.5. The average Bonchev–Trinajstić information content (AvgIpc) is 2.30. The summed E-state index contributed by atoms with van der Waals surface area (Å²) in [5.41, 5.74) is 0. The molecule has 0 aromatic heterocycles. The molecule has 0 spiro atoms. The minimum atomic E-state index is -5.03. The van der Waals surface area contributed by atoms with E-state index in [9.17, 15) is 27.7 Å². The van der Waals surface area contributed by atoms with E-state index in [4.69, 9.17) is 5.11 Å². The zero-order chi connectivity index (χ0) is 16.0. The first-order chi connectivity index (χ1) is 9.10. The molecule has 21 heavy (non-hydrogen) atoms. The van der Waals surface area contributed by atoms with Crippen molar-refractivity contribution >= 4 is 73.4 Å². The second-order valence-corrected chi connectivity index (χ2v) is 6.70. The summed E-state index contributed by atoms with van der Waals surface area (Å²) < 4.78 is 29.5. The molecule has 120 valence electrons. The van der Waals surface area contributed by atoms with Crippen molar-refractivity contribution in [3.63, 3.8) is 0 Å². The van der Waals surface area contributed by atoms with Gasteiger partial charge < -0.3 is 10.2 Å². The van der Waals surface area contributed by atoms with Crippen LogP contribution in [0.15, 0.2) is 0 Å². The molecule has 2 unspecified atom stereocenters. The molecule has 0 rings (SSSR count). The maximum absolute atomic E-state index is 11.5. The second-order valence-electron chi connectivity index (χ2n) is 4.97. The first-order valence-corrected chi connectivity index (χ1v) is 7.97. The molecule has 0 aliphatic heterocycles.